The second-order valence-electron chi connectivity index (χ2n) is 5.93. The first kappa shape index (κ1) is 15.0. The number of hydrogen-bond donors (Lipinski definition) is 1. The van der Waals surface area contributed by atoms with Crippen molar-refractivity contribution < 1.29 is 14.7 Å². The van der Waals surface area contributed by atoms with Crippen LogP contribution in [0.4, 0.5) is 0 Å². The van der Waals surface area contributed by atoms with E-state index in [4.69, 9.17) is 0 Å². The van der Waals surface area contributed by atoms with Crippen LogP contribution < -0.4 is 0 Å². The fourth-order valence-electron chi connectivity index (χ4n) is 2.65. The van der Waals surface area contributed by atoms with E-state index < -0.39 is 23.5 Å². The smallest absolute Gasteiger partial charge is 0.309 e. The number of amides is 1. The topological polar surface area (TPSA) is 70.5 Å². The Balaban J connectivity index is 2.49. The molecular weight excluding hydrogens is 324 g/mol. The van der Waals surface area contributed by atoms with Gasteiger partial charge in [-0.2, -0.15) is 0 Å². The molecule has 1 fully saturated rings. The molecule has 0 aromatic carbocycles. The van der Waals surface area contributed by atoms with E-state index in [1.54, 1.807) is 17.2 Å². The number of carbonyl (C=O) groups is 2. The van der Waals surface area contributed by atoms with Gasteiger partial charge < -0.3 is 10.0 Å². The van der Waals surface area contributed by atoms with Gasteiger partial charge in [-0.1, -0.05) is 0 Å². The third-order valence-corrected chi connectivity index (χ3v) is 3.88. The lowest BCUT2D eigenvalue weighted by Crippen LogP contribution is -2.44. The Morgan fingerprint density at radius 2 is 2.10 bits per heavy atom. The Morgan fingerprint density at radius 1 is 1.45 bits per heavy atom. The molecule has 2 rings (SSSR count). The van der Waals surface area contributed by atoms with E-state index in [1.165, 1.54) is 0 Å². The van der Waals surface area contributed by atoms with Crippen LogP contribution in [-0.2, 0) is 9.59 Å². The number of hydrogen-bond acceptors (Lipinski definition) is 3. The normalized spacial score (nSPS) is 23.2. The van der Waals surface area contributed by atoms with E-state index >= 15 is 0 Å². The minimum absolute atomic E-state index is 0.0228. The van der Waals surface area contributed by atoms with Gasteiger partial charge in [0.1, 0.15) is 0 Å². The number of carboxylic acid groups (broad SMARTS) is 1. The molecule has 1 aromatic rings. The largest absolute Gasteiger partial charge is 0.481 e. The second kappa shape index (κ2) is 5.16. The molecular formula is C14H17BrN2O3. The first-order chi connectivity index (χ1) is 9.21. The lowest BCUT2D eigenvalue weighted by molar-refractivity contribution is -0.143. The average Bonchev–Trinajstić information content (AvgIpc) is 2.67. The van der Waals surface area contributed by atoms with Crippen molar-refractivity contribution in [2.45, 2.75) is 38.8 Å². The molecule has 1 aliphatic heterocycles. The molecule has 2 atom stereocenters. The summed E-state index contributed by atoms with van der Waals surface area (Å²) in [7, 11) is 0. The van der Waals surface area contributed by atoms with Gasteiger partial charge in [-0.15, -0.1) is 0 Å². The number of aromatic nitrogens is 1. The Hall–Kier alpha value is -1.43. The molecule has 0 aliphatic carbocycles. The summed E-state index contributed by atoms with van der Waals surface area (Å²) >= 11 is 3.31. The fourth-order valence-corrected chi connectivity index (χ4v) is 2.88. The molecule has 1 N–H and O–H groups in total. The number of carbonyl (C=O) groups excluding carboxylic acids is 1. The van der Waals surface area contributed by atoms with Gasteiger partial charge in [-0.05, 0) is 48.8 Å². The van der Waals surface area contributed by atoms with Gasteiger partial charge in [-0.25, -0.2) is 0 Å². The van der Waals surface area contributed by atoms with Gasteiger partial charge in [0.15, 0.2) is 0 Å². The highest BCUT2D eigenvalue weighted by atomic mass is 79.9. The van der Waals surface area contributed by atoms with Crippen LogP contribution in [0.5, 0.6) is 0 Å². The predicted molar refractivity (Wildman–Crippen MR) is 77.0 cm³/mol. The summed E-state index contributed by atoms with van der Waals surface area (Å²) in [6.07, 6.45) is 1.65. The number of pyridine rings is 1. The van der Waals surface area contributed by atoms with Crippen molar-refractivity contribution in [3.8, 4) is 0 Å². The summed E-state index contributed by atoms with van der Waals surface area (Å²) < 4.78 is 0.819. The van der Waals surface area contributed by atoms with Crippen molar-refractivity contribution >= 4 is 27.8 Å². The number of halogens is 1. The number of rotatable bonds is 2. The summed E-state index contributed by atoms with van der Waals surface area (Å²) in [6.45, 7) is 5.71. The van der Waals surface area contributed by atoms with E-state index in [9.17, 15) is 14.7 Å². The molecule has 0 saturated carbocycles. The third-order valence-electron chi connectivity index (χ3n) is 3.42. The summed E-state index contributed by atoms with van der Waals surface area (Å²) in [5.41, 5.74) is 0.169. The van der Waals surface area contributed by atoms with Crippen LogP contribution >= 0.6 is 15.9 Å². The number of likely N-dealkylation sites (tertiary alicyclic amines) is 1. The predicted octanol–water partition coefficient (Wildman–Crippen LogP) is 2.62. The Labute approximate surface area is 126 Å². The lowest BCUT2D eigenvalue weighted by atomic mass is 9.95. The van der Waals surface area contributed by atoms with E-state index in [0.29, 0.717) is 5.69 Å². The average molecular weight is 341 g/mol. The maximum Gasteiger partial charge on any atom is 0.309 e. The monoisotopic (exact) mass is 340 g/mol. The first-order valence-corrected chi connectivity index (χ1v) is 7.17. The molecule has 1 saturated heterocycles. The SMILES string of the molecule is CC(C)(C)N1C(=O)CC(C(=O)O)C1c1ccc(Br)cn1. The quantitative estimate of drug-likeness (QED) is 0.898. The van der Waals surface area contributed by atoms with Crippen molar-refractivity contribution in [3.63, 3.8) is 0 Å². The summed E-state index contributed by atoms with van der Waals surface area (Å²) in [5.74, 6) is -1.85. The minimum atomic E-state index is -0.959. The molecule has 20 heavy (non-hydrogen) atoms. The minimum Gasteiger partial charge on any atom is -0.481 e. The third kappa shape index (κ3) is 2.70. The highest BCUT2D eigenvalue weighted by molar-refractivity contribution is 9.10. The van der Waals surface area contributed by atoms with E-state index in [0.717, 1.165) is 4.47 Å². The molecule has 5 nitrogen and oxygen atoms in total. The molecule has 1 amide bonds. The zero-order valence-electron chi connectivity index (χ0n) is 11.6. The van der Waals surface area contributed by atoms with E-state index in [-0.39, 0.29) is 12.3 Å². The maximum absolute atomic E-state index is 12.2. The lowest BCUT2D eigenvalue weighted by Gasteiger charge is -2.37. The van der Waals surface area contributed by atoms with Gasteiger partial charge in [0.2, 0.25) is 5.91 Å². The molecule has 0 spiro atoms. The molecule has 2 heterocycles. The first-order valence-electron chi connectivity index (χ1n) is 6.38. The van der Waals surface area contributed by atoms with Crippen LogP contribution in [0.1, 0.15) is 38.9 Å². The highest BCUT2D eigenvalue weighted by Crippen LogP contribution is 2.41. The second-order valence-corrected chi connectivity index (χ2v) is 6.85. The summed E-state index contributed by atoms with van der Waals surface area (Å²) in [4.78, 5) is 29.6. The summed E-state index contributed by atoms with van der Waals surface area (Å²) in [6, 6.07) is 3.06. The molecule has 2 unspecified atom stereocenters. The van der Waals surface area contributed by atoms with Crippen LogP contribution in [-0.4, -0.2) is 32.4 Å². The van der Waals surface area contributed by atoms with Crippen molar-refractivity contribution in [1.29, 1.82) is 0 Å². The number of carboxylic acids is 1. The van der Waals surface area contributed by atoms with Gasteiger partial charge in [-0.3, -0.25) is 14.6 Å². The molecule has 0 radical (unpaired) electrons. The molecule has 6 heteroatoms. The summed E-state index contributed by atoms with van der Waals surface area (Å²) in [5, 5.41) is 9.38. The Bertz CT molecular complexity index is 536. The van der Waals surface area contributed by atoms with Gasteiger partial charge >= 0.3 is 5.97 Å². The van der Waals surface area contributed by atoms with Crippen molar-refractivity contribution in [2.75, 3.05) is 0 Å². The van der Waals surface area contributed by atoms with Crippen molar-refractivity contribution in [3.05, 3.63) is 28.5 Å². The van der Waals surface area contributed by atoms with Crippen LogP contribution in [0.2, 0.25) is 0 Å². The van der Waals surface area contributed by atoms with Gasteiger partial charge in [0.25, 0.3) is 0 Å². The van der Waals surface area contributed by atoms with Gasteiger partial charge in [0.05, 0.1) is 17.7 Å². The molecule has 1 aliphatic rings. The van der Waals surface area contributed by atoms with Gasteiger partial charge in [0, 0.05) is 22.6 Å². The zero-order valence-corrected chi connectivity index (χ0v) is 13.2. The Kier molecular flexibility index (Phi) is 3.86. The van der Waals surface area contributed by atoms with E-state index in [2.05, 4.69) is 20.9 Å². The van der Waals surface area contributed by atoms with Crippen LogP contribution in [0, 0.1) is 5.92 Å². The molecule has 0 bridgehead atoms. The van der Waals surface area contributed by atoms with Crippen LogP contribution in [0.15, 0.2) is 22.8 Å². The fraction of sp³-hybridized carbons (Fsp3) is 0.500. The molecule has 1 aromatic heterocycles. The van der Waals surface area contributed by atoms with Crippen LogP contribution in [0.3, 0.4) is 0 Å². The zero-order chi connectivity index (χ0) is 15.1. The number of nitrogens with zero attached hydrogens (tertiary/aromatic N) is 2. The molecule has 108 valence electrons. The van der Waals surface area contributed by atoms with Crippen molar-refractivity contribution in [1.82, 2.24) is 9.88 Å². The Morgan fingerprint density at radius 3 is 2.55 bits per heavy atom. The standard InChI is InChI=1S/C14H17BrN2O3/c1-14(2,3)17-11(18)6-9(13(19)20)12(17)10-5-4-8(15)7-16-10/h4-5,7,9,12H,6H2,1-3H3,(H,19,20). The highest BCUT2D eigenvalue weighted by Gasteiger charge is 2.49. The number of aliphatic carboxylic acids is 1. The maximum atomic E-state index is 12.2. The van der Waals surface area contributed by atoms with Crippen LogP contribution in [0.25, 0.3) is 0 Å². The van der Waals surface area contributed by atoms with Crippen molar-refractivity contribution in [2.24, 2.45) is 5.92 Å². The van der Waals surface area contributed by atoms with E-state index in [1.807, 2.05) is 26.8 Å².